The Morgan fingerprint density at radius 1 is 0.862 bits per heavy atom. The van der Waals surface area contributed by atoms with Gasteiger partial charge in [-0.1, -0.05) is 11.6 Å². The Labute approximate surface area is 196 Å². The summed E-state index contributed by atoms with van der Waals surface area (Å²) in [6.07, 6.45) is 0. The van der Waals surface area contributed by atoms with Crippen molar-refractivity contribution in [2.75, 3.05) is 5.73 Å². The van der Waals surface area contributed by atoms with E-state index in [1.165, 1.54) is 12.1 Å². The van der Waals surface area contributed by atoms with Gasteiger partial charge in [-0.25, -0.2) is 9.97 Å². The monoisotopic (exact) mass is 446 g/mol. The van der Waals surface area contributed by atoms with Crippen LogP contribution in [0.1, 0.15) is 0 Å². The van der Waals surface area contributed by atoms with Crippen molar-refractivity contribution < 1.29 is 29.6 Å². The molecule has 29 heavy (non-hydrogen) atoms. The number of H-pyrrole nitrogens is 2. The number of aromatic amines is 2. The fraction of sp³-hybridized carbons (Fsp3) is 0. The van der Waals surface area contributed by atoms with Gasteiger partial charge in [0.15, 0.2) is 0 Å². The van der Waals surface area contributed by atoms with Crippen LogP contribution in [0.15, 0.2) is 63.5 Å². The Hall–Kier alpha value is -2.50. The van der Waals surface area contributed by atoms with Gasteiger partial charge < -0.3 is 25.8 Å². The first kappa shape index (κ1) is 26.5. The molecular formula is C16H13Cl2N6NaO4. The Balaban J connectivity index is 0.000000450. The summed E-state index contributed by atoms with van der Waals surface area (Å²) in [6.45, 7) is 0. The fourth-order valence-corrected chi connectivity index (χ4v) is 2.20. The second-order valence-corrected chi connectivity index (χ2v) is 5.35. The first-order valence-corrected chi connectivity index (χ1v) is 7.67. The molecule has 0 radical (unpaired) electrons. The predicted octanol–water partition coefficient (Wildman–Crippen LogP) is -0.242. The molecule has 0 amide bonds. The summed E-state index contributed by atoms with van der Waals surface area (Å²) in [4.78, 5) is 42.8. The van der Waals surface area contributed by atoms with Crippen molar-refractivity contribution in [3.05, 3.63) is 84.5 Å². The zero-order valence-corrected chi connectivity index (χ0v) is 18.5. The van der Waals surface area contributed by atoms with Gasteiger partial charge in [0, 0.05) is 22.9 Å². The molecule has 4 rings (SSSR count). The Morgan fingerprint density at radius 3 is 1.79 bits per heavy atom. The van der Waals surface area contributed by atoms with E-state index in [9.17, 15) is 9.59 Å². The van der Waals surface area contributed by atoms with Crippen LogP contribution < -0.4 is 46.4 Å². The van der Waals surface area contributed by atoms with E-state index in [4.69, 9.17) is 27.4 Å². The van der Waals surface area contributed by atoms with Gasteiger partial charge >= 0.3 is 29.6 Å². The normalized spacial score (nSPS) is 9.00. The van der Waals surface area contributed by atoms with E-state index < -0.39 is 0 Å². The van der Waals surface area contributed by atoms with Gasteiger partial charge in [0.05, 0.1) is 0 Å². The van der Waals surface area contributed by atoms with Crippen LogP contribution in [0.5, 0.6) is 0 Å². The summed E-state index contributed by atoms with van der Waals surface area (Å²) in [6, 6.07) is 13.3. The minimum absolute atomic E-state index is 0. The first-order chi connectivity index (χ1) is 12.9. The summed E-state index contributed by atoms with van der Waals surface area (Å²) in [5.74, 6) is 0.407. The minimum Gasteiger partial charge on any atom is -0.444 e. The third-order valence-electron chi connectivity index (χ3n) is 3.15. The molecule has 0 aliphatic carbocycles. The van der Waals surface area contributed by atoms with Crippen molar-refractivity contribution in [2.24, 2.45) is 5.34 Å². The van der Waals surface area contributed by atoms with Crippen molar-refractivity contribution in [3.63, 3.8) is 0 Å². The maximum Gasteiger partial charge on any atom is 1.00 e. The number of aromatic nitrogens is 4. The number of fused-ring (bicyclic) bond motifs is 2. The van der Waals surface area contributed by atoms with Crippen molar-refractivity contribution in [2.45, 2.75) is 0 Å². The topological polar surface area (TPSA) is 170 Å². The number of pyridine rings is 4. The van der Waals surface area contributed by atoms with Crippen LogP contribution in [0, 0.1) is 10.1 Å². The number of nitrogen functional groups attached to an aromatic ring is 1. The first-order valence-electron chi connectivity index (χ1n) is 7.29. The number of anilines is 1. The molecule has 0 saturated carbocycles. The van der Waals surface area contributed by atoms with Crippen LogP contribution in [0.25, 0.3) is 22.1 Å². The van der Waals surface area contributed by atoms with Crippen LogP contribution in [-0.4, -0.2) is 19.9 Å². The van der Waals surface area contributed by atoms with Gasteiger partial charge in [-0.05, 0) is 36.4 Å². The molecule has 146 valence electrons. The molecule has 4 aromatic heterocycles. The van der Waals surface area contributed by atoms with Gasteiger partial charge in [-0.15, -0.1) is 17.7 Å². The summed E-state index contributed by atoms with van der Waals surface area (Å²) in [7, 11) is 0. The minimum atomic E-state index is -0.169. The predicted molar refractivity (Wildman–Crippen MR) is 111 cm³/mol. The molecule has 0 saturated heterocycles. The van der Waals surface area contributed by atoms with Gasteiger partial charge in [0.1, 0.15) is 22.3 Å². The molecule has 0 spiro atoms. The molecule has 4 N–H and O–H groups in total. The molecule has 13 heteroatoms. The van der Waals surface area contributed by atoms with Crippen molar-refractivity contribution in [3.8, 4) is 0 Å². The molecule has 0 fully saturated rings. The number of rotatable bonds is 0. The van der Waals surface area contributed by atoms with Crippen LogP contribution in [-0.2, 0) is 0 Å². The number of nitrogens with zero attached hydrogens (tertiary/aromatic N) is 3. The molecule has 4 aromatic rings. The van der Waals surface area contributed by atoms with Crippen LogP contribution in [0.2, 0.25) is 5.15 Å². The molecule has 0 aliphatic rings. The molecule has 0 unspecified atom stereocenters. The van der Waals surface area contributed by atoms with Gasteiger partial charge in [-0.2, -0.15) is 0 Å². The number of hydrogen-bond acceptors (Lipinski definition) is 8. The van der Waals surface area contributed by atoms with E-state index >= 15 is 0 Å². The quantitative estimate of drug-likeness (QED) is 0.145. The summed E-state index contributed by atoms with van der Waals surface area (Å²) in [5.41, 5.74) is 6.16. The largest absolute Gasteiger partial charge is 1.00 e. The number of hydrogen-bond donors (Lipinski definition) is 3. The van der Waals surface area contributed by atoms with Gasteiger partial charge in [0.2, 0.25) is 11.1 Å². The van der Waals surface area contributed by atoms with Crippen molar-refractivity contribution >= 4 is 51.9 Å². The summed E-state index contributed by atoms with van der Waals surface area (Å²) in [5, 5.41) is 11.1. The molecule has 10 nitrogen and oxygen atoms in total. The number of nitrogens with two attached hydrogens (primary N) is 1. The SMILES string of the molecule is Cl.Nc1ccc2ccc(=O)[nH]c2n1.O=N[O-].O=c1ccc2ccc(Cl)nc2[nH]1.[Na+]. The Kier molecular flexibility index (Phi) is 11.8. The van der Waals surface area contributed by atoms with E-state index in [2.05, 4.69) is 19.9 Å². The Bertz CT molecular complexity index is 1110. The van der Waals surface area contributed by atoms with E-state index in [0.717, 1.165) is 16.1 Å². The molecule has 0 aliphatic heterocycles. The van der Waals surface area contributed by atoms with E-state index in [-0.39, 0.29) is 53.1 Å². The van der Waals surface area contributed by atoms with E-state index in [1.54, 1.807) is 30.3 Å². The van der Waals surface area contributed by atoms with Crippen molar-refractivity contribution in [1.82, 2.24) is 19.9 Å². The summed E-state index contributed by atoms with van der Waals surface area (Å²) >= 11 is 5.64. The fourth-order valence-electron chi connectivity index (χ4n) is 2.05. The van der Waals surface area contributed by atoms with Crippen LogP contribution >= 0.6 is 24.0 Å². The molecule has 4 heterocycles. The standard InChI is InChI=1S/C8H5ClN2O.C8H7N3O.ClH.HNO2.Na/c2*9-6-3-1-5-2-4-7(12)11-8(5)10-6;;2-1-3;/h1-4H,(H,10,11,12);1-4H,(H3,9,10,11,12);1H;(H,2,3);/q;;;;+1/p-1. The average Bonchev–Trinajstić information content (AvgIpc) is 2.62. The smallest absolute Gasteiger partial charge is 0.444 e. The van der Waals surface area contributed by atoms with Crippen LogP contribution in [0.3, 0.4) is 0 Å². The van der Waals surface area contributed by atoms with Gasteiger partial charge in [0.25, 0.3) is 0 Å². The number of nitrogens with one attached hydrogen (secondary N) is 2. The maximum absolute atomic E-state index is 10.9. The van der Waals surface area contributed by atoms with Crippen LogP contribution in [0.4, 0.5) is 5.82 Å². The third-order valence-corrected chi connectivity index (χ3v) is 3.36. The van der Waals surface area contributed by atoms with E-state index in [0.29, 0.717) is 22.3 Å². The molecule has 0 aromatic carbocycles. The third kappa shape index (κ3) is 8.18. The maximum atomic E-state index is 10.9. The molecule has 0 bridgehead atoms. The molecular weight excluding hydrogens is 434 g/mol. The zero-order chi connectivity index (χ0) is 19.8. The van der Waals surface area contributed by atoms with E-state index in [1.807, 2.05) is 6.07 Å². The second kappa shape index (κ2) is 12.9. The zero-order valence-electron chi connectivity index (χ0n) is 15.0. The molecule has 0 atom stereocenters. The summed E-state index contributed by atoms with van der Waals surface area (Å²) < 4.78 is 0. The van der Waals surface area contributed by atoms with Crippen molar-refractivity contribution in [1.29, 1.82) is 0 Å². The number of halogens is 2. The average molecular weight is 447 g/mol. The Morgan fingerprint density at radius 2 is 1.28 bits per heavy atom. The second-order valence-electron chi connectivity index (χ2n) is 4.97. The van der Waals surface area contributed by atoms with Gasteiger partial charge in [-0.3, -0.25) is 9.59 Å².